The summed E-state index contributed by atoms with van der Waals surface area (Å²) in [6, 6.07) is 5.92. The number of hydrogen-bond donors (Lipinski definition) is 1. The van der Waals surface area contributed by atoms with Crippen molar-refractivity contribution in [3.05, 3.63) is 77.4 Å². The van der Waals surface area contributed by atoms with Gasteiger partial charge in [-0.15, -0.1) is 0 Å². The lowest BCUT2D eigenvalue weighted by atomic mass is 10.0. The highest BCUT2D eigenvalue weighted by atomic mass is 19.4. The molecule has 0 spiro atoms. The zero-order valence-corrected chi connectivity index (χ0v) is 16.2. The minimum Gasteiger partial charge on any atom is -0.461 e. The summed E-state index contributed by atoms with van der Waals surface area (Å²) in [6.07, 6.45) is -6.11. The second-order valence-electron chi connectivity index (χ2n) is 6.80. The van der Waals surface area contributed by atoms with Crippen molar-refractivity contribution in [3.63, 3.8) is 0 Å². The number of benzene rings is 1. The van der Waals surface area contributed by atoms with Gasteiger partial charge < -0.3 is 14.3 Å². The lowest BCUT2D eigenvalue weighted by Crippen LogP contribution is -2.15. The molecule has 3 aromatic heterocycles. The Morgan fingerprint density at radius 1 is 1.03 bits per heavy atom. The van der Waals surface area contributed by atoms with Crippen molar-refractivity contribution in [2.75, 3.05) is 5.32 Å². The van der Waals surface area contributed by atoms with Gasteiger partial charge in [-0.3, -0.25) is 9.48 Å². The average molecular weight is 470 g/mol. The van der Waals surface area contributed by atoms with Crippen molar-refractivity contribution in [2.24, 2.45) is 0 Å². The van der Waals surface area contributed by atoms with Gasteiger partial charge in [0.25, 0.3) is 5.91 Å². The molecule has 4 aromatic rings. The van der Waals surface area contributed by atoms with Gasteiger partial charge in [0, 0.05) is 12.3 Å². The molecular formula is C20H12F6N4O3. The largest absolute Gasteiger partial charge is 0.461 e. The molecule has 1 amide bonds. The Morgan fingerprint density at radius 2 is 1.82 bits per heavy atom. The van der Waals surface area contributed by atoms with Crippen molar-refractivity contribution < 1.29 is 40.1 Å². The smallest absolute Gasteiger partial charge is 0.416 e. The van der Waals surface area contributed by atoms with Crippen LogP contribution in [0.3, 0.4) is 0 Å². The first-order chi connectivity index (χ1) is 15.5. The van der Waals surface area contributed by atoms with Gasteiger partial charge in [0.15, 0.2) is 11.5 Å². The number of anilines is 1. The molecule has 0 saturated heterocycles. The molecule has 172 valence electrons. The van der Waals surface area contributed by atoms with E-state index in [9.17, 15) is 31.1 Å². The summed E-state index contributed by atoms with van der Waals surface area (Å²) in [5, 5.41) is 9.92. The van der Waals surface area contributed by atoms with Gasteiger partial charge in [0.2, 0.25) is 5.76 Å². The van der Waals surface area contributed by atoms with E-state index in [2.05, 4.69) is 15.6 Å². The predicted octanol–water partition coefficient (Wildman–Crippen LogP) is 5.47. The number of carbonyl (C=O) groups is 1. The molecule has 0 aliphatic heterocycles. The molecule has 0 bridgehead atoms. The number of furan rings is 1. The van der Waals surface area contributed by atoms with Gasteiger partial charge in [0.05, 0.1) is 35.8 Å². The van der Waals surface area contributed by atoms with Gasteiger partial charge in [-0.25, -0.2) is 0 Å². The number of hydrogen-bond acceptors (Lipinski definition) is 5. The number of rotatable bonds is 5. The lowest BCUT2D eigenvalue weighted by Gasteiger charge is -2.16. The molecule has 0 radical (unpaired) electrons. The van der Waals surface area contributed by atoms with Crippen molar-refractivity contribution in [1.29, 1.82) is 0 Å². The molecule has 0 saturated carbocycles. The molecule has 4 rings (SSSR count). The Balaban J connectivity index is 1.49. The van der Waals surface area contributed by atoms with Crippen LogP contribution in [0.4, 0.5) is 32.0 Å². The summed E-state index contributed by atoms with van der Waals surface area (Å²) in [6.45, 7) is -0.477. The Labute approximate surface area is 180 Å². The monoisotopic (exact) mass is 470 g/mol. The van der Waals surface area contributed by atoms with Crippen LogP contribution >= 0.6 is 0 Å². The average Bonchev–Trinajstić information content (AvgIpc) is 3.48. The van der Waals surface area contributed by atoms with Crippen LogP contribution in [0.25, 0.3) is 11.5 Å². The van der Waals surface area contributed by atoms with E-state index in [0.717, 1.165) is 10.7 Å². The third-order valence-electron chi connectivity index (χ3n) is 4.47. The van der Waals surface area contributed by atoms with Gasteiger partial charge in [-0.1, -0.05) is 11.2 Å². The fraction of sp³-hybridized carbons (Fsp3) is 0.150. The highest BCUT2D eigenvalue weighted by Gasteiger charge is 2.38. The fourth-order valence-corrected chi connectivity index (χ4v) is 2.96. The van der Waals surface area contributed by atoms with Crippen molar-refractivity contribution in [2.45, 2.75) is 18.9 Å². The first-order valence-corrected chi connectivity index (χ1v) is 9.12. The molecule has 0 atom stereocenters. The quantitative estimate of drug-likeness (QED) is 0.391. The predicted molar refractivity (Wildman–Crippen MR) is 99.9 cm³/mol. The van der Waals surface area contributed by atoms with E-state index in [1.165, 1.54) is 24.7 Å². The number of alkyl halides is 6. The maximum absolute atomic E-state index is 13.3. The second-order valence-corrected chi connectivity index (χ2v) is 6.80. The van der Waals surface area contributed by atoms with Crippen LogP contribution in [0, 0.1) is 0 Å². The molecule has 0 fully saturated rings. The van der Waals surface area contributed by atoms with Crippen LogP contribution < -0.4 is 5.32 Å². The summed E-state index contributed by atoms with van der Waals surface area (Å²) >= 11 is 0. The minimum absolute atomic E-state index is 0.0582. The van der Waals surface area contributed by atoms with E-state index < -0.39 is 41.5 Å². The highest BCUT2D eigenvalue weighted by molar-refractivity contribution is 6.03. The number of nitrogens with zero attached hydrogens (tertiary/aromatic N) is 3. The van der Waals surface area contributed by atoms with Gasteiger partial charge in [-0.2, -0.15) is 31.4 Å². The Bertz CT molecular complexity index is 1270. The van der Waals surface area contributed by atoms with E-state index in [-0.39, 0.29) is 23.2 Å². The first-order valence-electron chi connectivity index (χ1n) is 9.12. The third-order valence-corrected chi connectivity index (χ3v) is 4.47. The SMILES string of the molecule is O=C(Nc1cnn(Cc2ccc(C(F)(F)F)cc2C(F)(F)F)c1)c1cc(-c2ccco2)on1. The maximum atomic E-state index is 13.3. The summed E-state index contributed by atoms with van der Waals surface area (Å²) < 4.78 is 89.6. The van der Waals surface area contributed by atoms with Gasteiger partial charge in [0.1, 0.15) is 0 Å². The molecule has 13 heteroatoms. The van der Waals surface area contributed by atoms with E-state index >= 15 is 0 Å². The third kappa shape index (κ3) is 4.91. The van der Waals surface area contributed by atoms with Crippen molar-refractivity contribution >= 4 is 11.6 Å². The standard InChI is InChI=1S/C20H12F6N4O3/c21-19(22,23)12-4-3-11(14(6-12)20(24,25)26)9-30-10-13(8-27-30)28-18(31)15-7-17(33-29-15)16-2-1-5-32-16/h1-8,10H,9H2,(H,28,31). The molecule has 0 aliphatic rings. The summed E-state index contributed by atoms with van der Waals surface area (Å²) in [5.41, 5.74) is -3.21. The summed E-state index contributed by atoms with van der Waals surface area (Å²) in [5.74, 6) is -0.115. The molecular weight excluding hydrogens is 458 g/mol. The molecule has 1 N–H and O–H groups in total. The Kier molecular flexibility index (Phi) is 5.47. The molecule has 0 aliphatic carbocycles. The van der Waals surface area contributed by atoms with Crippen molar-refractivity contribution in [1.82, 2.24) is 14.9 Å². The summed E-state index contributed by atoms with van der Waals surface area (Å²) in [4.78, 5) is 12.3. The number of amides is 1. The van der Waals surface area contributed by atoms with Crippen LogP contribution in [0.1, 0.15) is 27.2 Å². The number of nitrogens with one attached hydrogen (secondary N) is 1. The van der Waals surface area contributed by atoms with Crippen molar-refractivity contribution in [3.8, 4) is 11.5 Å². The topological polar surface area (TPSA) is 86.1 Å². The molecule has 3 heterocycles. The second kappa shape index (κ2) is 8.15. The van der Waals surface area contributed by atoms with Crippen LogP contribution in [0.2, 0.25) is 0 Å². The van der Waals surface area contributed by atoms with E-state index in [1.54, 1.807) is 12.1 Å². The van der Waals surface area contributed by atoms with E-state index in [1.807, 2.05) is 0 Å². The number of aromatic nitrogens is 3. The summed E-state index contributed by atoms with van der Waals surface area (Å²) in [7, 11) is 0. The first kappa shape index (κ1) is 22.2. The Hall–Kier alpha value is -4.03. The maximum Gasteiger partial charge on any atom is 0.416 e. The zero-order chi connectivity index (χ0) is 23.8. The number of halogens is 6. The normalized spacial score (nSPS) is 12.2. The molecule has 7 nitrogen and oxygen atoms in total. The van der Waals surface area contributed by atoms with Gasteiger partial charge >= 0.3 is 12.4 Å². The zero-order valence-electron chi connectivity index (χ0n) is 16.2. The highest BCUT2D eigenvalue weighted by Crippen LogP contribution is 2.37. The lowest BCUT2D eigenvalue weighted by molar-refractivity contribution is -0.143. The molecule has 33 heavy (non-hydrogen) atoms. The van der Waals surface area contributed by atoms with E-state index in [4.69, 9.17) is 8.94 Å². The molecule has 0 unspecified atom stereocenters. The van der Waals surface area contributed by atoms with Crippen LogP contribution in [0.15, 0.2) is 64.0 Å². The van der Waals surface area contributed by atoms with Crippen LogP contribution in [-0.2, 0) is 18.9 Å². The van der Waals surface area contributed by atoms with E-state index in [0.29, 0.717) is 11.8 Å². The minimum atomic E-state index is -5.00. The number of carbonyl (C=O) groups excluding carboxylic acids is 1. The van der Waals surface area contributed by atoms with Crippen LogP contribution in [-0.4, -0.2) is 20.8 Å². The fourth-order valence-electron chi connectivity index (χ4n) is 2.96. The molecule has 1 aromatic carbocycles. The van der Waals surface area contributed by atoms with Crippen LogP contribution in [0.5, 0.6) is 0 Å². The Morgan fingerprint density at radius 3 is 2.48 bits per heavy atom. The van der Waals surface area contributed by atoms with Gasteiger partial charge in [-0.05, 0) is 29.8 Å².